The highest BCUT2D eigenvalue weighted by molar-refractivity contribution is 7.89. The Morgan fingerprint density at radius 2 is 2.08 bits per heavy atom. The van der Waals surface area contributed by atoms with E-state index in [0.717, 1.165) is 5.56 Å². The number of rotatable bonds is 6. The zero-order chi connectivity index (χ0) is 18.1. The predicted octanol–water partition coefficient (Wildman–Crippen LogP) is 3.52. The molecule has 0 aliphatic heterocycles. The summed E-state index contributed by atoms with van der Waals surface area (Å²) in [4.78, 5) is 0.614. The third-order valence-corrected chi connectivity index (χ3v) is 6.66. The van der Waals surface area contributed by atoms with Gasteiger partial charge in [-0.2, -0.15) is 0 Å². The van der Waals surface area contributed by atoms with E-state index in [1.807, 2.05) is 0 Å². The Balaban J connectivity index is 1.90. The first-order valence-corrected chi connectivity index (χ1v) is 10.1. The Morgan fingerprint density at radius 1 is 1.28 bits per heavy atom. The van der Waals surface area contributed by atoms with E-state index in [-0.39, 0.29) is 17.2 Å². The molecule has 2 aromatic heterocycles. The van der Waals surface area contributed by atoms with Crippen LogP contribution in [0.25, 0.3) is 0 Å². The molecular weight excluding hydrogens is 382 g/mol. The molecule has 0 amide bonds. The third kappa shape index (κ3) is 3.65. The van der Waals surface area contributed by atoms with Crippen LogP contribution in [-0.4, -0.2) is 20.1 Å². The van der Waals surface area contributed by atoms with Crippen LogP contribution >= 0.6 is 22.9 Å². The first-order chi connectivity index (χ1) is 11.8. The van der Waals surface area contributed by atoms with Crippen LogP contribution in [0.3, 0.4) is 0 Å². The van der Waals surface area contributed by atoms with Gasteiger partial charge < -0.3 is 9.52 Å². The van der Waals surface area contributed by atoms with Crippen LogP contribution in [0.2, 0.25) is 5.02 Å². The monoisotopic (exact) mass is 397 g/mol. The van der Waals surface area contributed by atoms with Crippen molar-refractivity contribution in [1.82, 2.24) is 4.72 Å². The Labute approximate surface area is 154 Å². The molecule has 0 saturated carbocycles. The highest BCUT2D eigenvalue weighted by Crippen LogP contribution is 2.33. The topological polar surface area (TPSA) is 79.5 Å². The van der Waals surface area contributed by atoms with Crippen molar-refractivity contribution >= 4 is 33.0 Å². The fourth-order valence-corrected chi connectivity index (χ4v) is 4.51. The molecule has 0 radical (unpaired) electrons. The van der Waals surface area contributed by atoms with E-state index < -0.39 is 15.6 Å². The normalized spacial score (nSPS) is 14.4. The largest absolute Gasteiger partial charge is 0.466 e. The second-order valence-corrected chi connectivity index (χ2v) is 8.67. The highest BCUT2D eigenvalue weighted by Gasteiger charge is 2.37. The second kappa shape index (κ2) is 6.93. The van der Waals surface area contributed by atoms with Crippen LogP contribution in [0.4, 0.5) is 0 Å². The number of furan rings is 1. The molecule has 0 bridgehead atoms. The van der Waals surface area contributed by atoms with E-state index in [9.17, 15) is 13.5 Å². The Bertz CT molecular complexity index is 916. The van der Waals surface area contributed by atoms with Crippen molar-refractivity contribution in [3.63, 3.8) is 0 Å². The minimum absolute atomic E-state index is 0.0380. The van der Waals surface area contributed by atoms with Crippen molar-refractivity contribution in [2.24, 2.45) is 0 Å². The predicted molar refractivity (Wildman–Crippen MR) is 97.4 cm³/mol. The molecule has 3 rings (SSSR count). The highest BCUT2D eigenvalue weighted by atomic mass is 35.5. The average molecular weight is 398 g/mol. The van der Waals surface area contributed by atoms with Crippen LogP contribution in [0.5, 0.6) is 0 Å². The second-order valence-electron chi connectivity index (χ2n) is 5.55. The summed E-state index contributed by atoms with van der Waals surface area (Å²) in [6.45, 7) is 1.52. The molecule has 1 atom stereocenters. The first kappa shape index (κ1) is 18.2. The fraction of sp³-hybridized carbons (Fsp3) is 0.176. The molecule has 3 aromatic rings. The van der Waals surface area contributed by atoms with Gasteiger partial charge in [-0.05, 0) is 48.2 Å². The van der Waals surface area contributed by atoms with E-state index in [2.05, 4.69) is 4.72 Å². The molecule has 25 heavy (non-hydrogen) atoms. The molecule has 0 spiro atoms. The van der Waals surface area contributed by atoms with Gasteiger partial charge in [0.2, 0.25) is 10.0 Å². The average Bonchev–Trinajstić information content (AvgIpc) is 3.29. The molecule has 1 unspecified atom stereocenters. The number of nitrogens with one attached hydrogen (secondary N) is 1. The van der Waals surface area contributed by atoms with Gasteiger partial charge >= 0.3 is 0 Å². The molecule has 5 nitrogen and oxygen atoms in total. The zero-order valence-corrected chi connectivity index (χ0v) is 15.7. The molecule has 1 aromatic carbocycles. The third-order valence-electron chi connectivity index (χ3n) is 3.83. The van der Waals surface area contributed by atoms with Crippen molar-refractivity contribution < 1.29 is 17.9 Å². The lowest BCUT2D eigenvalue weighted by atomic mass is 9.99. The van der Waals surface area contributed by atoms with E-state index in [1.54, 1.807) is 42.6 Å². The molecule has 132 valence electrons. The van der Waals surface area contributed by atoms with Gasteiger partial charge in [0.05, 0.1) is 17.7 Å². The van der Waals surface area contributed by atoms with Crippen LogP contribution in [-0.2, 0) is 15.6 Å². The van der Waals surface area contributed by atoms with Crippen molar-refractivity contribution in [3.8, 4) is 0 Å². The van der Waals surface area contributed by atoms with E-state index in [0.29, 0.717) is 9.90 Å². The molecular formula is C17H16ClNO4S2. The van der Waals surface area contributed by atoms with Crippen molar-refractivity contribution in [2.45, 2.75) is 17.4 Å². The van der Waals surface area contributed by atoms with Crippen molar-refractivity contribution in [3.05, 3.63) is 75.3 Å². The van der Waals surface area contributed by atoms with Gasteiger partial charge in [0.15, 0.2) is 5.60 Å². The molecule has 2 heterocycles. The molecule has 0 aliphatic rings. The van der Waals surface area contributed by atoms with Gasteiger partial charge in [-0.15, -0.1) is 11.3 Å². The number of aliphatic hydroxyl groups is 1. The number of hydrogen-bond donors (Lipinski definition) is 2. The van der Waals surface area contributed by atoms with Crippen LogP contribution in [0.15, 0.2) is 63.4 Å². The van der Waals surface area contributed by atoms with Gasteiger partial charge in [-0.1, -0.05) is 23.7 Å². The summed E-state index contributed by atoms with van der Waals surface area (Å²) in [6.07, 6.45) is 1.43. The zero-order valence-electron chi connectivity index (χ0n) is 13.3. The molecule has 0 aliphatic carbocycles. The standard InChI is InChI=1S/C17H16ClNO4S2/c1-12-6-7-13(10-14(12)18)25(21,22)19-11-17(20,15-4-2-8-23-15)16-5-3-9-24-16/h2-10,19-20H,11H2,1H3. The summed E-state index contributed by atoms with van der Waals surface area (Å²) in [6, 6.07) is 11.2. The lowest BCUT2D eigenvalue weighted by Gasteiger charge is -2.25. The maximum absolute atomic E-state index is 12.6. The fourth-order valence-electron chi connectivity index (χ4n) is 2.35. The quantitative estimate of drug-likeness (QED) is 0.667. The van der Waals surface area contributed by atoms with Crippen LogP contribution < -0.4 is 4.72 Å². The van der Waals surface area contributed by atoms with E-state index in [1.165, 1.54) is 29.7 Å². The van der Waals surface area contributed by atoms with Crippen LogP contribution in [0.1, 0.15) is 16.2 Å². The lowest BCUT2D eigenvalue weighted by molar-refractivity contribution is 0.0655. The van der Waals surface area contributed by atoms with E-state index >= 15 is 0 Å². The number of aryl methyl sites for hydroxylation is 1. The minimum Gasteiger partial charge on any atom is -0.466 e. The summed E-state index contributed by atoms with van der Waals surface area (Å²) in [5.41, 5.74) is -0.814. The van der Waals surface area contributed by atoms with Crippen molar-refractivity contribution in [1.29, 1.82) is 0 Å². The molecule has 8 heteroatoms. The Kier molecular flexibility index (Phi) is 5.04. The smallest absolute Gasteiger partial charge is 0.240 e. The summed E-state index contributed by atoms with van der Waals surface area (Å²) in [5, 5.41) is 13.3. The van der Waals surface area contributed by atoms with Gasteiger partial charge in [-0.3, -0.25) is 0 Å². The number of hydrogen-bond acceptors (Lipinski definition) is 5. The molecule has 2 N–H and O–H groups in total. The number of thiophene rings is 1. The van der Waals surface area contributed by atoms with Crippen LogP contribution in [0, 0.1) is 6.92 Å². The number of benzene rings is 1. The summed E-state index contributed by atoms with van der Waals surface area (Å²) in [5.74, 6) is 0.264. The maximum atomic E-state index is 12.6. The van der Waals surface area contributed by atoms with Gasteiger partial charge in [0.1, 0.15) is 5.76 Å². The van der Waals surface area contributed by atoms with Gasteiger partial charge in [0.25, 0.3) is 0 Å². The first-order valence-electron chi connectivity index (χ1n) is 7.39. The SMILES string of the molecule is Cc1ccc(S(=O)(=O)NCC(O)(c2ccco2)c2cccs2)cc1Cl. The number of sulfonamides is 1. The summed E-state index contributed by atoms with van der Waals surface area (Å²) < 4.78 is 32.9. The molecule has 0 fully saturated rings. The minimum atomic E-state index is -3.85. The number of halogens is 1. The Hall–Kier alpha value is -1.64. The lowest BCUT2D eigenvalue weighted by Crippen LogP contribution is -2.40. The summed E-state index contributed by atoms with van der Waals surface area (Å²) >= 11 is 7.33. The molecule has 0 saturated heterocycles. The summed E-state index contributed by atoms with van der Waals surface area (Å²) in [7, 11) is -3.85. The van der Waals surface area contributed by atoms with E-state index in [4.69, 9.17) is 16.0 Å². The van der Waals surface area contributed by atoms with Crippen molar-refractivity contribution in [2.75, 3.05) is 6.54 Å². The van der Waals surface area contributed by atoms with Gasteiger partial charge in [0, 0.05) is 9.90 Å². The maximum Gasteiger partial charge on any atom is 0.240 e. The van der Waals surface area contributed by atoms with Gasteiger partial charge in [-0.25, -0.2) is 13.1 Å². The Morgan fingerprint density at radius 3 is 2.68 bits per heavy atom.